The highest BCUT2D eigenvalue weighted by Crippen LogP contribution is 2.40. The Kier molecular flexibility index (Phi) is 2.82. The lowest BCUT2D eigenvalue weighted by Gasteiger charge is -2.21. The highest BCUT2D eigenvalue weighted by atomic mass is 79.9. The van der Waals surface area contributed by atoms with Gasteiger partial charge in [-0.15, -0.1) is 0 Å². The van der Waals surface area contributed by atoms with Crippen LogP contribution in [0.4, 0.5) is 0 Å². The number of carboxylic acids is 1. The molecule has 2 rings (SSSR count). The zero-order valence-electron chi connectivity index (χ0n) is 8.03. The number of benzene rings is 1. The first-order valence-corrected chi connectivity index (χ1v) is 5.26. The Morgan fingerprint density at radius 2 is 1.81 bits per heavy atom. The molecule has 0 unspecified atom stereocenters. The van der Waals surface area contributed by atoms with Crippen LogP contribution in [-0.4, -0.2) is 30.1 Å². The second kappa shape index (κ2) is 4.13. The van der Waals surface area contributed by atoms with Crippen molar-refractivity contribution >= 4 is 27.7 Å². The first kappa shape index (κ1) is 10.9. The Labute approximate surface area is 99.1 Å². The van der Waals surface area contributed by atoms with E-state index in [1.165, 1.54) is 6.07 Å². The third-order valence-corrected chi connectivity index (χ3v) is 2.70. The summed E-state index contributed by atoms with van der Waals surface area (Å²) in [7, 11) is 0. The number of fused-ring (bicyclic) bond motifs is 1. The lowest BCUT2D eigenvalue weighted by molar-refractivity contribution is -0.131. The maximum atomic E-state index is 11.4. The molecule has 0 fully saturated rings. The van der Waals surface area contributed by atoms with Gasteiger partial charge < -0.3 is 14.6 Å². The summed E-state index contributed by atoms with van der Waals surface area (Å²) in [5.41, 5.74) is 0.00500. The van der Waals surface area contributed by atoms with Crippen LogP contribution in [0.2, 0.25) is 0 Å². The SMILES string of the molecule is O=C(O)C(=O)c1ccc(Br)c2c1OCCO2. The molecule has 0 amide bonds. The van der Waals surface area contributed by atoms with Crippen LogP contribution < -0.4 is 9.47 Å². The summed E-state index contributed by atoms with van der Waals surface area (Å²) in [6.07, 6.45) is 0. The van der Waals surface area contributed by atoms with Crippen LogP contribution in [0.3, 0.4) is 0 Å². The molecular formula is C10H7BrO5. The third-order valence-electron chi connectivity index (χ3n) is 2.08. The van der Waals surface area contributed by atoms with Gasteiger partial charge in [0.2, 0.25) is 0 Å². The molecule has 1 aromatic carbocycles. The van der Waals surface area contributed by atoms with Crippen molar-refractivity contribution in [3.8, 4) is 11.5 Å². The maximum absolute atomic E-state index is 11.4. The van der Waals surface area contributed by atoms with Crippen LogP contribution in [0.5, 0.6) is 11.5 Å². The van der Waals surface area contributed by atoms with Gasteiger partial charge in [0.1, 0.15) is 13.2 Å². The molecule has 16 heavy (non-hydrogen) atoms. The molecule has 1 heterocycles. The zero-order chi connectivity index (χ0) is 11.7. The molecule has 0 atom stereocenters. The lowest BCUT2D eigenvalue weighted by Crippen LogP contribution is -2.20. The van der Waals surface area contributed by atoms with Crippen LogP contribution in [0.25, 0.3) is 0 Å². The molecule has 0 saturated heterocycles. The number of Topliss-reactive ketones (excluding diaryl/α,β-unsaturated/α-hetero) is 1. The van der Waals surface area contributed by atoms with E-state index in [4.69, 9.17) is 14.6 Å². The molecule has 1 N–H and O–H groups in total. The minimum Gasteiger partial charge on any atom is -0.485 e. The van der Waals surface area contributed by atoms with Crippen molar-refractivity contribution < 1.29 is 24.2 Å². The van der Waals surface area contributed by atoms with Crippen molar-refractivity contribution in [2.24, 2.45) is 0 Å². The molecule has 84 valence electrons. The minimum atomic E-state index is -1.52. The van der Waals surface area contributed by atoms with Gasteiger partial charge in [-0.05, 0) is 28.1 Å². The monoisotopic (exact) mass is 286 g/mol. The van der Waals surface area contributed by atoms with E-state index in [0.717, 1.165) is 0 Å². The van der Waals surface area contributed by atoms with E-state index in [9.17, 15) is 9.59 Å². The largest absolute Gasteiger partial charge is 0.485 e. The van der Waals surface area contributed by atoms with E-state index in [1.54, 1.807) is 6.07 Å². The molecule has 0 aromatic heterocycles. The predicted molar refractivity (Wildman–Crippen MR) is 57.1 cm³/mol. The number of rotatable bonds is 2. The van der Waals surface area contributed by atoms with Gasteiger partial charge in [0, 0.05) is 0 Å². The third kappa shape index (κ3) is 1.76. The van der Waals surface area contributed by atoms with Gasteiger partial charge in [-0.3, -0.25) is 4.79 Å². The Morgan fingerprint density at radius 3 is 2.44 bits per heavy atom. The van der Waals surface area contributed by atoms with Gasteiger partial charge in [-0.1, -0.05) is 0 Å². The summed E-state index contributed by atoms with van der Waals surface area (Å²) in [5.74, 6) is -1.96. The number of carbonyl (C=O) groups is 2. The number of hydrogen-bond donors (Lipinski definition) is 1. The summed E-state index contributed by atoms with van der Waals surface area (Å²) >= 11 is 3.24. The molecule has 0 aliphatic carbocycles. The van der Waals surface area contributed by atoms with Crippen molar-refractivity contribution in [1.29, 1.82) is 0 Å². The van der Waals surface area contributed by atoms with Crippen LogP contribution in [0.1, 0.15) is 10.4 Å². The Bertz CT molecular complexity index is 469. The molecule has 5 nitrogen and oxygen atoms in total. The summed E-state index contributed by atoms with van der Waals surface area (Å²) < 4.78 is 11.2. The van der Waals surface area contributed by atoms with Crippen molar-refractivity contribution in [3.05, 3.63) is 22.2 Å². The minimum absolute atomic E-state index is 0.00500. The van der Waals surface area contributed by atoms with Gasteiger partial charge >= 0.3 is 5.97 Å². The summed E-state index contributed by atoms with van der Waals surface area (Å²) in [6.45, 7) is 0.666. The lowest BCUT2D eigenvalue weighted by atomic mass is 10.1. The van der Waals surface area contributed by atoms with E-state index in [-0.39, 0.29) is 11.3 Å². The number of hydrogen-bond acceptors (Lipinski definition) is 4. The molecule has 6 heteroatoms. The molecule has 0 radical (unpaired) electrons. The van der Waals surface area contributed by atoms with E-state index in [0.29, 0.717) is 23.4 Å². The van der Waals surface area contributed by atoms with E-state index in [1.807, 2.05) is 0 Å². The van der Waals surface area contributed by atoms with Crippen molar-refractivity contribution in [3.63, 3.8) is 0 Å². The van der Waals surface area contributed by atoms with Crippen LogP contribution >= 0.6 is 15.9 Å². The predicted octanol–water partition coefficient (Wildman–Crippen LogP) is 1.49. The number of ketones is 1. The molecule has 1 aromatic rings. The quantitative estimate of drug-likeness (QED) is 0.659. The van der Waals surface area contributed by atoms with Gasteiger partial charge in [0.05, 0.1) is 10.0 Å². The topological polar surface area (TPSA) is 72.8 Å². The molecule has 0 spiro atoms. The number of carboxylic acid groups (broad SMARTS) is 1. The fraction of sp³-hybridized carbons (Fsp3) is 0.200. The highest BCUT2D eigenvalue weighted by molar-refractivity contribution is 9.10. The Balaban J connectivity index is 2.55. The van der Waals surface area contributed by atoms with Crippen molar-refractivity contribution in [2.75, 3.05) is 13.2 Å². The number of ether oxygens (including phenoxy) is 2. The Hall–Kier alpha value is -1.56. The van der Waals surface area contributed by atoms with Crippen LogP contribution in [0, 0.1) is 0 Å². The summed E-state index contributed by atoms with van der Waals surface area (Å²) in [4.78, 5) is 22.0. The van der Waals surface area contributed by atoms with E-state index >= 15 is 0 Å². The highest BCUT2D eigenvalue weighted by Gasteiger charge is 2.26. The first-order chi connectivity index (χ1) is 7.61. The summed E-state index contributed by atoms with van der Waals surface area (Å²) in [6, 6.07) is 2.96. The number of halogens is 1. The first-order valence-electron chi connectivity index (χ1n) is 4.47. The van der Waals surface area contributed by atoms with Gasteiger partial charge in [0.15, 0.2) is 11.5 Å². The van der Waals surface area contributed by atoms with Gasteiger partial charge in [0.25, 0.3) is 5.78 Å². The van der Waals surface area contributed by atoms with Crippen LogP contribution in [-0.2, 0) is 4.79 Å². The van der Waals surface area contributed by atoms with Crippen molar-refractivity contribution in [2.45, 2.75) is 0 Å². The fourth-order valence-electron chi connectivity index (χ4n) is 1.40. The standard InChI is InChI=1S/C10H7BrO5/c11-6-2-1-5(7(12)10(13)14)8-9(6)16-4-3-15-8/h1-2H,3-4H2,(H,13,14). The Morgan fingerprint density at radius 1 is 1.19 bits per heavy atom. The average molecular weight is 287 g/mol. The maximum Gasteiger partial charge on any atom is 0.377 e. The number of aliphatic carboxylic acids is 1. The van der Waals surface area contributed by atoms with Gasteiger partial charge in [-0.25, -0.2) is 4.79 Å². The second-order valence-corrected chi connectivity index (χ2v) is 3.94. The normalized spacial score (nSPS) is 13.3. The summed E-state index contributed by atoms with van der Waals surface area (Å²) in [5, 5.41) is 8.65. The molecule has 0 bridgehead atoms. The van der Waals surface area contributed by atoms with Crippen LogP contribution in [0.15, 0.2) is 16.6 Å². The van der Waals surface area contributed by atoms with E-state index < -0.39 is 11.8 Å². The van der Waals surface area contributed by atoms with Gasteiger partial charge in [-0.2, -0.15) is 0 Å². The average Bonchev–Trinajstić information content (AvgIpc) is 2.29. The molecule has 0 saturated carbocycles. The zero-order valence-corrected chi connectivity index (χ0v) is 9.61. The fourth-order valence-corrected chi connectivity index (χ4v) is 1.82. The molecule has 1 aliphatic heterocycles. The number of carbonyl (C=O) groups excluding carboxylic acids is 1. The molecular weight excluding hydrogens is 280 g/mol. The van der Waals surface area contributed by atoms with E-state index in [2.05, 4.69) is 15.9 Å². The van der Waals surface area contributed by atoms with Crippen molar-refractivity contribution in [1.82, 2.24) is 0 Å². The molecule has 1 aliphatic rings. The second-order valence-electron chi connectivity index (χ2n) is 3.08. The smallest absolute Gasteiger partial charge is 0.377 e.